The first-order chi connectivity index (χ1) is 11.4. The second kappa shape index (κ2) is 6.43. The van der Waals surface area contributed by atoms with Gasteiger partial charge in [-0.2, -0.15) is 0 Å². The highest BCUT2D eigenvalue weighted by molar-refractivity contribution is 7.92. The van der Waals surface area contributed by atoms with Gasteiger partial charge in [-0.15, -0.1) is 0 Å². The molecule has 0 amide bonds. The first-order valence-corrected chi connectivity index (χ1v) is 9.42. The lowest BCUT2D eigenvalue weighted by Crippen LogP contribution is -2.11. The molecule has 0 aliphatic carbocycles. The van der Waals surface area contributed by atoms with Crippen LogP contribution < -0.4 is 0 Å². The average Bonchev–Trinajstić information content (AvgIpc) is 2.60. The van der Waals surface area contributed by atoms with E-state index in [4.69, 9.17) is 24.4 Å². The molecule has 7 heteroatoms. The number of benzene rings is 2. The van der Waals surface area contributed by atoms with E-state index in [1.165, 1.54) is 4.57 Å². The second-order valence-corrected chi connectivity index (χ2v) is 7.84. The van der Waals surface area contributed by atoms with Crippen molar-refractivity contribution in [2.45, 2.75) is 9.79 Å². The maximum Gasteiger partial charge on any atom is 0.211 e. The molecule has 0 aliphatic rings. The van der Waals surface area contributed by atoms with Gasteiger partial charge < -0.3 is 9.55 Å². The summed E-state index contributed by atoms with van der Waals surface area (Å²) in [5, 5.41) is 0. The summed E-state index contributed by atoms with van der Waals surface area (Å²) >= 11 is 10.7. The van der Waals surface area contributed by atoms with Crippen LogP contribution in [0.25, 0.3) is 11.3 Å². The van der Waals surface area contributed by atoms with E-state index >= 15 is 0 Å². The van der Waals surface area contributed by atoms with E-state index in [0.717, 1.165) is 0 Å². The molecule has 1 N–H and O–H groups in total. The first kappa shape index (κ1) is 16.8. The Kier molecular flexibility index (Phi) is 4.49. The van der Waals surface area contributed by atoms with Crippen molar-refractivity contribution in [2.75, 3.05) is 0 Å². The molecule has 0 saturated carbocycles. The van der Waals surface area contributed by atoms with Crippen molar-refractivity contribution in [1.29, 1.82) is 0 Å². The van der Waals surface area contributed by atoms with E-state index in [1.54, 1.807) is 37.4 Å². The molecular formula is C17H14N2O2S3. The van der Waals surface area contributed by atoms with Gasteiger partial charge in [-0.25, -0.2) is 8.42 Å². The van der Waals surface area contributed by atoms with Gasteiger partial charge in [0.1, 0.15) is 9.54 Å². The number of hydrogen-bond acceptors (Lipinski definition) is 4. The largest absolute Gasteiger partial charge is 0.331 e. The van der Waals surface area contributed by atoms with Crippen LogP contribution in [0, 0.1) is 9.41 Å². The number of hydrogen-bond donors (Lipinski definition) is 1. The van der Waals surface area contributed by atoms with E-state index in [2.05, 4.69) is 4.98 Å². The summed E-state index contributed by atoms with van der Waals surface area (Å²) in [6, 6.07) is 17.4. The van der Waals surface area contributed by atoms with E-state index in [0.29, 0.717) is 16.0 Å². The summed E-state index contributed by atoms with van der Waals surface area (Å²) < 4.78 is 28.4. The van der Waals surface area contributed by atoms with Crippen LogP contribution in [0.1, 0.15) is 0 Å². The fourth-order valence-electron chi connectivity index (χ4n) is 2.37. The highest BCUT2D eigenvalue weighted by Crippen LogP contribution is 2.30. The van der Waals surface area contributed by atoms with Crippen molar-refractivity contribution in [2.24, 2.45) is 7.05 Å². The number of aromatic amines is 1. The first-order valence-electron chi connectivity index (χ1n) is 7.12. The third-order valence-corrected chi connectivity index (χ3v) is 6.46. The molecule has 3 aromatic rings. The summed E-state index contributed by atoms with van der Waals surface area (Å²) in [6.45, 7) is 0. The Morgan fingerprint density at radius 1 is 0.917 bits per heavy atom. The molecule has 0 fully saturated rings. The second-order valence-electron chi connectivity index (χ2n) is 5.18. The van der Waals surface area contributed by atoms with Crippen molar-refractivity contribution in [1.82, 2.24) is 9.55 Å². The molecule has 0 atom stereocenters. The fraction of sp³-hybridized carbons (Fsp3) is 0.0588. The van der Waals surface area contributed by atoms with Gasteiger partial charge in [-0.3, -0.25) is 0 Å². The Balaban J connectivity index is 2.42. The third-order valence-electron chi connectivity index (χ3n) is 3.65. The molecule has 122 valence electrons. The lowest BCUT2D eigenvalue weighted by molar-refractivity contribution is 0.593. The van der Waals surface area contributed by atoms with Crippen LogP contribution in [0.15, 0.2) is 70.5 Å². The van der Waals surface area contributed by atoms with Gasteiger partial charge in [0.15, 0.2) is 4.77 Å². The number of rotatable bonds is 3. The topological polar surface area (TPSA) is 54.9 Å². The number of sulfone groups is 1. The van der Waals surface area contributed by atoms with Gasteiger partial charge in [-0.1, -0.05) is 60.7 Å². The molecule has 3 rings (SSSR count). The standard InChI is InChI=1S/C17H14N2O2S3/c1-19-16(22)15(24(20,21)13-10-6-3-7-11-13)14(18-17(19)23)12-8-4-2-5-9-12/h2-11H,1H3,(H,18,23). The van der Waals surface area contributed by atoms with Gasteiger partial charge in [0.05, 0.1) is 10.6 Å². The van der Waals surface area contributed by atoms with Crippen molar-refractivity contribution >= 4 is 34.3 Å². The third kappa shape index (κ3) is 2.86. The summed E-state index contributed by atoms with van der Waals surface area (Å²) in [4.78, 5) is 3.26. The van der Waals surface area contributed by atoms with Crippen LogP contribution in [-0.2, 0) is 16.9 Å². The zero-order valence-electron chi connectivity index (χ0n) is 12.8. The van der Waals surface area contributed by atoms with Crippen molar-refractivity contribution in [3.05, 3.63) is 70.1 Å². The number of nitrogens with one attached hydrogen (secondary N) is 1. The van der Waals surface area contributed by atoms with Crippen LogP contribution >= 0.6 is 24.4 Å². The highest BCUT2D eigenvalue weighted by atomic mass is 32.2. The van der Waals surface area contributed by atoms with Crippen LogP contribution in [-0.4, -0.2) is 18.0 Å². The predicted octanol–water partition coefficient (Wildman–Crippen LogP) is 4.31. The molecule has 0 radical (unpaired) electrons. The minimum atomic E-state index is -3.79. The number of H-pyrrole nitrogens is 1. The summed E-state index contributed by atoms with van der Waals surface area (Å²) in [6.07, 6.45) is 0. The zero-order chi connectivity index (χ0) is 17.3. The predicted molar refractivity (Wildman–Crippen MR) is 98.8 cm³/mol. The Morgan fingerprint density at radius 3 is 2.04 bits per heavy atom. The Morgan fingerprint density at radius 2 is 1.46 bits per heavy atom. The molecule has 0 spiro atoms. The lowest BCUT2D eigenvalue weighted by Gasteiger charge is -2.14. The van der Waals surface area contributed by atoms with Crippen molar-refractivity contribution in [3.63, 3.8) is 0 Å². The molecule has 0 bridgehead atoms. The molecule has 0 aliphatic heterocycles. The Labute approximate surface area is 150 Å². The number of nitrogens with zero attached hydrogens (tertiary/aromatic N) is 1. The maximum atomic E-state index is 13.2. The fourth-order valence-corrected chi connectivity index (χ4v) is 4.70. The average molecular weight is 375 g/mol. The minimum absolute atomic E-state index is 0.0611. The summed E-state index contributed by atoms with van der Waals surface area (Å²) in [5.74, 6) is 0. The van der Waals surface area contributed by atoms with Gasteiger partial charge in [0, 0.05) is 7.05 Å². The Hall–Kier alpha value is -2.09. The maximum absolute atomic E-state index is 13.2. The molecule has 2 aromatic carbocycles. The van der Waals surface area contributed by atoms with Gasteiger partial charge in [0.25, 0.3) is 0 Å². The smallest absolute Gasteiger partial charge is 0.211 e. The molecule has 1 aromatic heterocycles. The molecular weight excluding hydrogens is 360 g/mol. The normalized spacial score (nSPS) is 11.4. The minimum Gasteiger partial charge on any atom is -0.331 e. The van der Waals surface area contributed by atoms with Crippen LogP contribution in [0.5, 0.6) is 0 Å². The van der Waals surface area contributed by atoms with Gasteiger partial charge in [-0.05, 0) is 29.9 Å². The monoisotopic (exact) mass is 374 g/mol. The number of aromatic nitrogens is 2. The quantitative estimate of drug-likeness (QED) is 0.694. The van der Waals surface area contributed by atoms with E-state index < -0.39 is 9.84 Å². The van der Waals surface area contributed by atoms with Gasteiger partial charge >= 0.3 is 0 Å². The van der Waals surface area contributed by atoms with E-state index in [-0.39, 0.29) is 14.4 Å². The lowest BCUT2D eigenvalue weighted by atomic mass is 10.1. The van der Waals surface area contributed by atoms with Crippen molar-refractivity contribution < 1.29 is 8.42 Å². The molecule has 24 heavy (non-hydrogen) atoms. The van der Waals surface area contributed by atoms with Crippen molar-refractivity contribution in [3.8, 4) is 11.3 Å². The Bertz CT molecular complexity index is 1100. The van der Waals surface area contributed by atoms with Crippen LogP contribution in [0.3, 0.4) is 0 Å². The highest BCUT2D eigenvalue weighted by Gasteiger charge is 2.25. The zero-order valence-corrected chi connectivity index (χ0v) is 15.2. The van der Waals surface area contributed by atoms with E-state index in [9.17, 15) is 8.42 Å². The van der Waals surface area contributed by atoms with Crippen LogP contribution in [0.4, 0.5) is 0 Å². The summed E-state index contributed by atoms with van der Waals surface area (Å²) in [7, 11) is -2.14. The van der Waals surface area contributed by atoms with Gasteiger partial charge in [0.2, 0.25) is 9.84 Å². The SMILES string of the molecule is Cn1c(=S)[nH]c(-c2ccccc2)c(S(=O)(=O)c2ccccc2)c1=S. The van der Waals surface area contributed by atoms with E-state index in [1.807, 2.05) is 30.3 Å². The summed E-state index contributed by atoms with van der Waals surface area (Å²) in [5.41, 5.74) is 1.12. The molecule has 0 unspecified atom stereocenters. The molecule has 0 saturated heterocycles. The molecule has 4 nitrogen and oxygen atoms in total. The van der Waals surface area contributed by atoms with Crippen LogP contribution in [0.2, 0.25) is 0 Å². The molecule has 1 heterocycles.